The van der Waals surface area contributed by atoms with Crippen molar-refractivity contribution < 1.29 is 28.8 Å². The zero-order valence-electron chi connectivity index (χ0n) is 20.1. The van der Waals surface area contributed by atoms with Gasteiger partial charge in [0.25, 0.3) is 0 Å². The van der Waals surface area contributed by atoms with Crippen molar-refractivity contribution in [2.45, 2.75) is 91.4 Å². The lowest BCUT2D eigenvalue weighted by Gasteiger charge is -2.28. The van der Waals surface area contributed by atoms with Gasteiger partial charge < -0.3 is 28.8 Å². The maximum absolute atomic E-state index is 9.65. The SMILES string of the molecule is CC(C)[C@@H](O)[C@H]1COC(C)(C)O1.CC(C)[C@@H](Oc1cccc(Cl)c1)[C@H]1COC(C)(C)O1. The Kier molecular flexibility index (Phi) is 9.20. The zero-order chi connectivity index (χ0) is 23.4. The van der Waals surface area contributed by atoms with Crippen LogP contribution >= 0.6 is 11.6 Å². The van der Waals surface area contributed by atoms with Crippen LogP contribution in [0, 0.1) is 11.8 Å². The first-order valence-corrected chi connectivity index (χ1v) is 11.4. The number of hydrogen-bond donors (Lipinski definition) is 1. The minimum absolute atomic E-state index is 0.0553. The summed E-state index contributed by atoms with van der Waals surface area (Å²) in [6.45, 7) is 16.8. The second-order valence-electron chi connectivity index (χ2n) is 9.75. The van der Waals surface area contributed by atoms with Gasteiger partial charge in [-0.1, -0.05) is 45.4 Å². The van der Waals surface area contributed by atoms with Crippen molar-refractivity contribution in [2.75, 3.05) is 13.2 Å². The van der Waals surface area contributed by atoms with Gasteiger partial charge in [-0.25, -0.2) is 0 Å². The molecule has 0 saturated carbocycles. The van der Waals surface area contributed by atoms with Crippen LogP contribution in [-0.2, 0) is 18.9 Å². The molecule has 1 aromatic rings. The number of aliphatic hydroxyl groups is 1. The molecule has 0 bridgehead atoms. The van der Waals surface area contributed by atoms with Gasteiger partial charge in [0.2, 0.25) is 0 Å². The molecule has 2 heterocycles. The molecule has 2 saturated heterocycles. The molecule has 2 aliphatic heterocycles. The van der Waals surface area contributed by atoms with E-state index in [1.165, 1.54) is 0 Å². The third-order valence-electron chi connectivity index (χ3n) is 5.22. The van der Waals surface area contributed by atoms with Crippen LogP contribution in [0.4, 0.5) is 0 Å². The van der Waals surface area contributed by atoms with Crippen LogP contribution in [0.1, 0.15) is 55.4 Å². The molecule has 2 aliphatic rings. The third kappa shape index (κ3) is 8.19. The van der Waals surface area contributed by atoms with Crippen molar-refractivity contribution in [3.63, 3.8) is 0 Å². The van der Waals surface area contributed by atoms with E-state index in [9.17, 15) is 5.11 Å². The van der Waals surface area contributed by atoms with Crippen LogP contribution in [-0.4, -0.2) is 54.3 Å². The van der Waals surface area contributed by atoms with Crippen molar-refractivity contribution in [3.8, 4) is 5.75 Å². The molecule has 0 amide bonds. The van der Waals surface area contributed by atoms with E-state index in [4.69, 9.17) is 35.3 Å². The standard InChI is InChI=1S/C15H21ClO3.C9H18O3/c1-10(2)14(13-9-17-15(3,4)19-13)18-12-7-5-6-11(16)8-12;1-6(2)8(10)7-5-11-9(3,4)12-7/h5-8,10,13-14H,9H2,1-4H3;6-8,10H,5H2,1-4H3/t13-,14-;7-,8-/m11/s1. The van der Waals surface area contributed by atoms with E-state index < -0.39 is 17.7 Å². The highest BCUT2D eigenvalue weighted by Crippen LogP contribution is 2.30. The molecule has 6 nitrogen and oxygen atoms in total. The predicted molar refractivity (Wildman–Crippen MR) is 121 cm³/mol. The molecule has 7 heteroatoms. The molecular weight excluding hydrogens is 420 g/mol. The summed E-state index contributed by atoms with van der Waals surface area (Å²) in [5, 5.41) is 10.3. The second kappa shape index (κ2) is 10.8. The van der Waals surface area contributed by atoms with Crippen molar-refractivity contribution in [1.82, 2.24) is 0 Å². The normalized spacial score (nSPS) is 26.5. The van der Waals surface area contributed by atoms with Crippen molar-refractivity contribution in [1.29, 1.82) is 0 Å². The first-order chi connectivity index (χ1) is 14.3. The van der Waals surface area contributed by atoms with Crippen LogP contribution < -0.4 is 4.74 Å². The predicted octanol–water partition coefficient (Wildman–Crippen LogP) is 5.05. The van der Waals surface area contributed by atoms with E-state index in [-0.39, 0.29) is 24.2 Å². The molecule has 1 aromatic carbocycles. The van der Waals surface area contributed by atoms with Crippen LogP contribution in [0.25, 0.3) is 0 Å². The molecule has 0 radical (unpaired) electrons. The quantitative estimate of drug-likeness (QED) is 0.643. The number of aliphatic hydroxyl groups excluding tert-OH is 1. The van der Waals surface area contributed by atoms with E-state index in [1.54, 1.807) is 0 Å². The summed E-state index contributed by atoms with van der Waals surface area (Å²) in [5.74, 6) is 0.240. The molecular formula is C24H39ClO6. The Hall–Kier alpha value is -0.890. The second-order valence-corrected chi connectivity index (χ2v) is 10.2. The van der Waals surface area contributed by atoms with Gasteiger partial charge in [-0.05, 0) is 57.7 Å². The van der Waals surface area contributed by atoms with Gasteiger partial charge in [-0.15, -0.1) is 0 Å². The number of ether oxygens (including phenoxy) is 5. The summed E-state index contributed by atoms with van der Waals surface area (Å²) in [7, 11) is 0. The molecule has 178 valence electrons. The first-order valence-electron chi connectivity index (χ1n) is 11.0. The first kappa shape index (κ1) is 26.4. The lowest BCUT2D eigenvalue weighted by Crippen LogP contribution is -2.39. The highest BCUT2D eigenvalue weighted by molar-refractivity contribution is 6.30. The van der Waals surface area contributed by atoms with Gasteiger partial charge in [0.15, 0.2) is 11.6 Å². The lowest BCUT2D eigenvalue weighted by molar-refractivity contribution is -0.154. The number of halogens is 1. The van der Waals surface area contributed by atoms with E-state index >= 15 is 0 Å². The van der Waals surface area contributed by atoms with Crippen LogP contribution in [0.3, 0.4) is 0 Å². The minimum atomic E-state index is -0.532. The molecule has 0 unspecified atom stereocenters. The molecule has 0 aliphatic carbocycles. The fourth-order valence-electron chi connectivity index (χ4n) is 3.53. The molecule has 0 spiro atoms. The Bertz CT molecular complexity index is 690. The van der Waals surface area contributed by atoms with Crippen LogP contribution in [0.15, 0.2) is 24.3 Å². The Labute approximate surface area is 192 Å². The number of benzene rings is 1. The van der Waals surface area contributed by atoms with Gasteiger partial charge in [-0.3, -0.25) is 0 Å². The topological polar surface area (TPSA) is 66.4 Å². The molecule has 0 aromatic heterocycles. The average molecular weight is 459 g/mol. The van der Waals surface area contributed by atoms with E-state index in [0.717, 1.165) is 5.75 Å². The lowest BCUT2D eigenvalue weighted by atomic mass is 10.0. The van der Waals surface area contributed by atoms with Crippen molar-refractivity contribution in [3.05, 3.63) is 29.3 Å². The summed E-state index contributed by atoms with van der Waals surface area (Å²) in [6, 6.07) is 7.43. The third-order valence-corrected chi connectivity index (χ3v) is 5.45. The summed E-state index contributed by atoms with van der Waals surface area (Å²) < 4.78 is 28.4. The highest BCUT2D eigenvalue weighted by Gasteiger charge is 2.40. The van der Waals surface area contributed by atoms with E-state index in [0.29, 0.717) is 24.2 Å². The Balaban J connectivity index is 0.000000245. The van der Waals surface area contributed by atoms with Gasteiger partial charge in [-0.2, -0.15) is 0 Å². The minimum Gasteiger partial charge on any atom is -0.487 e. The fourth-order valence-corrected chi connectivity index (χ4v) is 3.71. The average Bonchev–Trinajstić information content (AvgIpc) is 3.20. The zero-order valence-corrected chi connectivity index (χ0v) is 20.8. The number of rotatable bonds is 6. The van der Waals surface area contributed by atoms with Crippen LogP contribution in [0.5, 0.6) is 5.75 Å². The number of hydrogen-bond acceptors (Lipinski definition) is 6. The van der Waals surface area contributed by atoms with Gasteiger partial charge >= 0.3 is 0 Å². The molecule has 2 fully saturated rings. The fraction of sp³-hybridized carbons (Fsp3) is 0.750. The Morgan fingerprint density at radius 3 is 1.90 bits per heavy atom. The maximum Gasteiger partial charge on any atom is 0.163 e. The summed E-state index contributed by atoms with van der Waals surface area (Å²) in [6.07, 6.45) is -0.707. The maximum atomic E-state index is 9.65. The summed E-state index contributed by atoms with van der Waals surface area (Å²) >= 11 is 5.98. The molecule has 1 N–H and O–H groups in total. The monoisotopic (exact) mass is 458 g/mol. The van der Waals surface area contributed by atoms with E-state index in [2.05, 4.69) is 13.8 Å². The Morgan fingerprint density at radius 1 is 0.935 bits per heavy atom. The summed E-state index contributed by atoms with van der Waals surface area (Å²) in [5.41, 5.74) is 0. The van der Waals surface area contributed by atoms with Crippen molar-refractivity contribution >= 4 is 11.6 Å². The van der Waals surface area contributed by atoms with Gasteiger partial charge in [0.1, 0.15) is 24.1 Å². The largest absolute Gasteiger partial charge is 0.487 e. The molecule has 4 atom stereocenters. The van der Waals surface area contributed by atoms with Crippen molar-refractivity contribution in [2.24, 2.45) is 11.8 Å². The Morgan fingerprint density at radius 2 is 1.48 bits per heavy atom. The van der Waals surface area contributed by atoms with Gasteiger partial charge in [0, 0.05) is 5.02 Å². The van der Waals surface area contributed by atoms with Crippen LogP contribution in [0.2, 0.25) is 5.02 Å². The summed E-state index contributed by atoms with van der Waals surface area (Å²) in [4.78, 5) is 0. The van der Waals surface area contributed by atoms with Gasteiger partial charge in [0.05, 0.1) is 19.3 Å². The highest BCUT2D eigenvalue weighted by atomic mass is 35.5. The van der Waals surface area contributed by atoms with E-state index in [1.807, 2.05) is 65.8 Å². The smallest absolute Gasteiger partial charge is 0.163 e. The molecule has 3 rings (SSSR count). The molecule has 31 heavy (non-hydrogen) atoms.